The highest BCUT2D eigenvalue weighted by molar-refractivity contribution is 5.98. The van der Waals surface area contributed by atoms with Crippen molar-refractivity contribution in [1.29, 1.82) is 0 Å². The molecule has 2 aromatic heterocycles. The van der Waals surface area contributed by atoms with E-state index >= 15 is 0 Å². The molecule has 1 amide bonds. The molecule has 0 radical (unpaired) electrons. The number of anilines is 2. The molecule has 1 aliphatic heterocycles. The fourth-order valence-electron chi connectivity index (χ4n) is 4.12. The van der Waals surface area contributed by atoms with Crippen molar-refractivity contribution in [2.75, 3.05) is 11.9 Å². The van der Waals surface area contributed by atoms with Crippen LogP contribution in [0.25, 0.3) is 22.5 Å². The molecular weight excluding hydrogens is 410 g/mol. The van der Waals surface area contributed by atoms with E-state index in [4.69, 9.17) is 4.98 Å². The number of hydrogen-bond donors (Lipinski definition) is 2. The molecule has 33 heavy (non-hydrogen) atoms. The maximum atomic E-state index is 12.2. The number of hydrogen-bond acceptors (Lipinski definition) is 5. The Bertz CT molecular complexity index is 1340. The van der Waals surface area contributed by atoms with Crippen molar-refractivity contribution in [3.8, 4) is 22.5 Å². The van der Waals surface area contributed by atoms with E-state index in [1.54, 1.807) is 6.20 Å². The summed E-state index contributed by atoms with van der Waals surface area (Å²) in [6.07, 6.45) is 3.58. The molecule has 0 aliphatic carbocycles. The van der Waals surface area contributed by atoms with Crippen molar-refractivity contribution in [3.63, 3.8) is 0 Å². The van der Waals surface area contributed by atoms with Crippen molar-refractivity contribution < 1.29 is 4.79 Å². The van der Waals surface area contributed by atoms with E-state index in [1.807, 2.05) is 55.6 Å². The predicted molar refractivity (Wildman–Crippen MR) is 131 cm³/mol. The van der Waals surface area contributed by atoms with Gasteiger partial charge in [0, 0.05) is 46.9 Å². The number of aromatic nitrogens is 3. The Labute approximate surface area is 193 Å². The second-order valence-electron chi connectivity index (χ2n) is 8.98. The summed E-state index contributed by atoms with van der Waals surface area (Å²) >= 11 is 0. The lowest BCUT2D eigenvalue weighted by molar-refractivity contribution is 0.0930. The van der Waals surface area contributed by atoms with E-state index in [1.165, 1.54) is 0 Å². The summed E-state index contributed by atoms with van der Waals surface area (Å²) in [5, 5.41) is 6.33. The molecule has 0 unspecified atom stereocenters. The van der Waals surface area contributed by atoms with Crippen LogP contribution in [0.15, 0.2) is 73.1 Å². The fraction of sp³-hybridized carbons (Fsp3) is 0.185. The minimum atomic E-state index is -0.132. The average molecular weight is 436 g/mol. The van der Waals surface area contributed by atoms with Crippen molar-refractivity contribution in [2.45, 2.75) is 26.2 Å². The minimum Gasteiger partial charge on any atom is -0.351 e. The Morgan fingerprint density at radius 2 is 1.64 bits per heavy atom. The maximum Gasteiger partial charge on any atom is 0.251 e. The molecule has 6 nitrogen and oxygen atoms in total. The number of fused-ring (bicyclic) bond motifs is 1. The maximum absolute atomic E-state index is 12.2. The SMILES string of the molecule is Cc1cc(-c2ccc(-c3nccc(Nc4ccc5c(c4)C(C)(C)CNC5=O)n3)cc2)ccn1. The third kappa shape index (κ3) is 4.20. The number of nitrogens with zero attached hydrogens (tertiary/aromatic N) is 3. The molecule has 4 aromatic rings. The first-order valence-corrected chi connectivity index (χ1v) is 11.0. The highest BCUT2D eigenvalue weighted by atomic mass is 16.1. The molecule has 1 aliphatic rings. The van der Waals surface area contributed by atoms with Crippen LogP contribution < -0.4 is 10.6 Å². The third-order valence-electron chi connectivity index (χ3n) is 5.99. The minimum absolute atomic E-state index is 0.0226. The molecule has 0 fully saturated rings. The van der Waals surface area contributed by atoms with E-state index in [-0.39, 0.29) is 11.3 Å². The zero-order valence-electron chi connectivity index (χ0n) is 18.9. The van der Waals surface area contributed by atoms with Gasteiger partial charge in [-0.05, 0) is 60.0 Å². The van der Waals surface area contributed by atoms with Gasteiger partial charge < -0.3 is 10.6 Å². The number of carbonyl (C=O) groups is 1. The number of pyridine rings is 1. The van der Waals surface area contributed by atoms with Crippen LogP contribution in [-0.2, 0) is 5.41 Å². The molecule has 3 heterocycles. The summed E-state index contributed by atoms with van der Waals surface area (Å²) < 4.78 is 0. The average Bonchev–Trinajstić information content (AvgIpc) is 2.82. The zero-order chi connectivity index (χ0) is 23.0. The van der Waals surface area contributed by atoms with E-state index in [0.717, 1.165) is 39.2 Å². The third-order valence-corrected chi connectivity index (χ3v) is 5.99. The van der Waals surface area contributed by atoms with Crippen LogP contribution in [-0.4, -0.2) is 27.4 Å². The van der Waals surface area contributed by atoms with E-state index in [9.17, 15) is 4.79 Å². The van der Waals surface area contributed by atoms with Gasteiger partial charge in [-0.1, -0.05) is 38.1 Å². The van der Waals surface area contributed by atoms with Gasteiger partial charge in [-0.2, -0.15) is 0 Å². The second-order valence-corrected chi connectivity index (χ2v) is 8.98. The Kier molecular flexibility index (Phi) is 5.13. The Morgan fingerprint density at radius 3 is 2.42 bits per heavy atom. The molecule has 0 saturated carbocycles. The number of carbonyl (C=O) groups excluding carboxylic acids is 1. The molecule has 5 rings (SSSR count). The standard InChI is InChI=1S/C27H25N5O/c1-17-14-20(10-12-28-17)18-4-6-19(7-5-18)25-29-13-11-24(32-25)31-21-8-9-22-23(15-21)27(2,3)16-30-26(22)33/h4-15H,16H2,1-3H3,(H,30,33)(H,29,31,32). The van der Waals surface area contributed by atoms with Crippen molar-refractivity contribution in [3.05, 3.63) is 89.9 Å². The first-order valence-electron chi connectivity index (χ1n) is 11.0. The Hall–Kier alpha value is -4.06. The summed E-state index contributed by atoms with van der Waals surface area (Å²) in [6.45, 7) is 6.88. The Balaban J connectivity index is 1.40. The van der Waals surface area contributed by atoms with Crippen LogP contribution in [0.2, 0.25) is 0 Å². The van der Waals surface area contributed by atoms with Crippen LogP contribution in [0.3, 0.4) is 0 Å². The Morgan fingerprint density at radius 1 is 0.879 bits per heavy atom. The molecule has 0 spiro atoms. The lowest BCUT2D eigenvalue weighted by atomic mass is 9.79. The smallest absolute Gasteiger partial charge is 0.251 e. The molecule has 2 aromatic carbocycles. The van der Waals surface area contributed by atoms with Crippen LogP contribution in [0.1, 0.15) is 35.5 Å². The van der Waals surface area contributed by atoms with Crippen molar-refractivity contribution in [1.82, 2.24) is 20.3 Å². The van der Waals surface area contributed by atoms with E-state index in [2.05, 4.69) is 52.6 Å². The lowest BCUT2D eigenvalue weighted by Gasteiger charge is -2.32. The molecule has 0 saturated heterocycles. The summed E-state index contributed by atoms with van der Waals surface area (Å²) in [7, 11) is 0. The number of amides is 1. The van der Waals surface area contributed by atoms with E-state index in [0.29, 0.717) is 18.2 Å². The zero-order valence-corrected chi connectivity index (χ0v) is 18.9. The number of rotatable bonds is 4. The van der Waals surface area contributed by atoms with E-state index < -0.39 is 0 Å². The van der Waals surface area contributed by atoms with Crippen LogP contribution in [0.4, 0.5) is 11.5 Å². The predicted octanol–water partition coefficient (Wildman–Crippen LogP) is 5.28. The van der Waals surface area contributed by atoms with Gasteiger partial charge in [0.15, 0.2) is 5.82 Å². The highest BCUT2D eigenvalue weighted by Gasteiger charge is 2.31. The molecule has 6 heteroatoms. The van der Waals surface area contributed by atoms with Gasteiger partial charge in [0.1, 0.15) is 5.82 Å². The quantitative estimate of drug-likeness (QED) is 0.456. The van der Waals surface area contributed by atoms with Crippen LogP contribution in [0.5, 0.6) is 0 Å². The summed E-state index contributed by atoms with van der Waals surface area (Å²) in [5.74, 6) is 1.33. The molecular formula is C27H25N5O. The summed E-state index contributed by atoms with van der Waals surface area (Å²) in [5.41, 5.74) is 6.71. The molecule has 164 valence electrons. The van der Waals surface area contributed by atoms with Crippen LogP contribution >= 0.6 is 0 Å². The van der Waals surface area contributed by atoms with Gasteiger partial charge in [-0.3, -0.25) is 9.78 Å². The first-order chi connectivity index (χ1) is 15.9. The number of nitrogens with one attached hydrogen (secondary N) is 2. The topological polar surface area (TPSA) is 79.8 Å². The van der Waals surface area contributed by atoms with Gasteiger partial charge in [0.05, 0.1) is 0 Å². The normalized spacial score (nSPS) is 14.3. The first kappa shape index (κ1) is 20.8. The van der Waals surface area contributed by atoms with Gasteiger partial charge in [0.2, 0.25) is 0 Å². The largest absolute Gasteiger partial charge is 0.351 e. The second kappa shape index (κ2) is 8.13. The van der Waals surface area contributed by atoms with Crippen molar-refractivity contribution in [2.24, 2.45) is 0 Å². The molecule has 0 atom stereocenters. The van der Waals surface area contributed by atoms with Crippen LogP contribution in [0, 0.1) is 6.92 Å². The number of benzene rings is 2. The summed E-state index contributed by atoms with van der Waals surface area (Å²) in [4.78, 5) is 25.6. The molecule has 0 bridgehead atoms. The highest BCUT2D eigenvalue weighted by Crippen LogP contribution is 2.32. The van der Waals surface area contributed by atoms with Crippen molar-refractivity contribution >= 4 is 17.4 Å². The summed E-state index contributed by atoms with van der Waals surface area (Å²) in [6, 6.07) is 20.0. The van der Waals surface area contributed by atoms with Gasteiger partial charge in [-0.15, -0.1) is 0 Å². The lowest BCUT2D eigenvalue weighted by Crippen LogP contribution is -2.43. The van der Waals surface area contributed by atoms with Gasteiger partial charge >= 0.3 is 0 Å². The molecule has 2 N–H and O–H groups in total. The number of aryl methyl sites for hydroxylation is 1. The fourth-order valence-corrected chi connectivity index (χ4v) is 4.12. The van der Waals surface area contributed by atoms with Gasteiger partial charge in [0.25, 0.3) is 5.91 Å². The monoisotopic (exact) mass is 435 g/mol. The van der Waals surface area contributed by atoms with Gasteiger partial charge in [-0.25, -0.2) is 9.97 Å².